The van der Waals surface area contributed by atoms with Crippen molar-refractivity contribution in [1.82, 2.24) is 0 Å². The fourth-order valence-corrected chi connectivity index (χ4v) is 2.59. The number of halogens is 2. The van der Waals surface area contributed by atoms with E-state index < -0.39 is 42.1 Å². The second kappa shape index (κ2) is 6.02. The minimum atomic E-state index is -4.37. The lowest BCUT2D eigenvalue weighted by molar-refractivity contribution is 0.294. The van der Waals surface area contributed by atoms with Crippen LogP contribution in [0.3, 0.4) is 0 Å². The van der Waals surface area contributed by atoms with Crippen LogP contribution in [0.1, 0.15) is 6.42 Å². The molecule has 10 heteroatoms. The summed E-state index contributed by atoms with van der Waals surface area (Å²) in [6.07, 6.45) is 1.13. The van der Waals surface area contributed by atoms with Crippen molar-refractivity contribution in [3.8, 4) is 5.75 Å². The lowest BCUT2D eigenvalue weighted by atomic mass is 10.3. The minimum absolute atomic E-state index is 0.0941. The molecule has 0 aliphatic carbocycles. The molecule has 0 atom stereocenters. The Morgan fingerprint density at radius 2 is 1.75 bits per heavy atom. The van der Waals surface area contributed by atoms with Crippen LogP contribution in [0.15, 0.2) is 17.0 Å². The van der Waals surface area contributed by atoms with Crippen LogP contribution < -0.4 is 9.88 Å². The van der Waals surface area contributed by atoms with E-state index in [2.05, 4.69) is 0 Å². The number of ether oxygens (including phenoxy) is 1. The second-order valence-corrected chi connectivity index (χ2v) is 7.86. The lowest BCUT2D eigenvalue weighted by Gasteiger charge is -2.09. The summed E-state index contributed by atoms with van der Waals surface area (Å²) in [7, 11) is -7.53. The van der Waals surface area contributed by atoms with Gasteiger partial charge in [0.1, 0.15) is 14.7 Å². The third kappa shape index (κ3) is 4.69. The molecular weight excluding hydrogens is 316 g/mol. The smallest absolute Gasteiger partial charge is 0.241 e. The molecule has 0 saturated carbocycles. The van der Waals surface area contributed by atoms with E-state index in [0.717, 1.165) is 18.4 Å². The zero-order chi connectivity index (χ0) is 15.6. The Balaban J connectivity index is 2.82. The van der Waals surface area contributed by atoms with Gasteiger partial charge in [-0.2, -0.15) is 4.39 Å². The van der Waals surface area contributed by atoms with Gasteiger partial charge in [-0.05, 0) is 18.6 Å². The number of benzene rings is 1. The van der Waals surface area contributed by atoms with Gasteiger partial charge in [-0.3, -0.25) is 0 Å². The lowest BCUT2D eigenvalue weighted by Crippen LogP contribution is -2.15. The molecule has 114 valence electrons. The minimum Gasteiger partial charge on any atom is -0.490 e. The van der Waals surface area contributed by atoms with Crippen molar-refractivity contribution in [2.24, 2.45) is 5.14 Å². The van der Waals surface area contributed by atoms with E-state index in [4.69, 9.17) is 9.88 Å². The molecule has 0 fully saturated rings. The molecule has 0 radical (unpaired) electrons. The quantitative estimate of drug-likeness (QED) is 0.762. The number of hydrogen-bond acceptors (Lipinski definition) is 5. The van der Waals surface area contributed by atoms with Crippen LogP contribution in [-0.4, -0.2) is 35.5 Å². The predicted molar refractivity (Wildman–Crippen MR) is 67.6 cm³/mol. The van der Waals surface area contributed by atoms with E-state index in [1.807, 2.05) is 0 Å². The summed E-state index contributed by atoms with van der Waals surface area (Å²) in [5, 5.41) is 4.70. The molecule has 2 N–H and O–H groups in total. The maximum atomic E-state index is 13.5. The molecule has 1 aromatic rings. The molecule has 0 aliphatic heterocycles. The molecule has 1 rings (SSSR count). The largest absolute Gasteiger partial charge is 0.490 e. The van der Waals surface area contributed by atoms with Crippen LogP contribution in [0.5, 0.6) is 5.75 Å². The number of sulfonamides is 1. The molecule has 0 aliphatic rings. The maximum Gasteiger partial charge on any atom is 0.241 e. The van der Waals surface area contributed by atoms with Crippen molar-refractivity contribution in [2.45, 2.75) is 11.3 Å². The van der Waals surface area contributed by atoms with Crippen LogP contribution in [0.4, 0.5) is 8.78 Å². The highest BCUT2D eigenvalue weighted by Gasteiger charge is 2.21. The first kappa shape index (κ1) is 16.8. The van der Waals surface area contributed by atoms with Crippen LogP contribution in [-0.2, 0) is 19.9 Å². The van der Waals surface area contributed by atoms with Crippen LogP contribution in [0, 0.1) is 11.6 Å². The van der Waals surface area contributed by atoms with Gasteiger partial charge >= 0.3 is 0 Å². The van der Waals surface area contributed by atoms with Crippen LogP contribution in [0.2, 0.25) is 0 Å². The monoisotopic (exact) mass is 329 g/mol. The fraction of sp³-hybridized carbons (Fsp3) is 0.400. The molecule has 1 aromatic carbocycles. The third-order valence-corrected chi connectivity index (χ3v) is 4.19. The molecular formula is C10H13F2NO5S2. The first-order valence-electron chi connectivity index (χ1n) is 5.33. The number of primary sulfonamides is 1. The van der Waals surface area contributed by atoms with Crippen molar-refractivity contribution >= 4 is 19.9 Å². The normalized spacial score (nSPS) is 12.4. The average Bonchev–Trinajstić information content (AvgIpc) is 2.26. The van der Waals surface area contributed by atoms with Gasteiger partial charge in [0, 0.05) is 6.26 Å². The second-order valence-electron chi connectivity index (χ2n) is 4.07. The zero-order valence-corrected chi connectivity index (χ0v) is 12.1. The molecule has 0 unspecified atom stereocenters. The summed E-state index contributed by atoms with van der Waals surface area (Å²) in [5.74, 6) is -3.79. The van der Waals surface area contributed by atoms with E-state index >= 15 is 0 Å². The SMILES string of the molecule is CS(=O)(=O)CCCOc1ccc(S(N)(=O)=O)c(F)c1F. The highest BCUT2D eigenvalue weighted by atomic mass is 32.2. The Morgan fingerprint density at radius 1 is 1.15 bits per heavy atom. The topological polar surface area (TPSA) is 104 Å². The third-order valence-electron chi connectivity index (χ3n) is 2.24. The zero-order valence-electron chi connectivity index (χ0n) is 10.5. The van der Waals surface area contributed by atoms with Gasteiger partial charge < -0.3 is 4.74 Å². The van der Waals surface area contributed by atoms with Crippen molar-refractivity contribution in [3.63, 3.8) is 0 Å². The molecule has 6 nitrogen and oxygen atoms in total. The van der Waals surface area contributed by atoms with Crippen molar-refractivity contribution in [2.75, 3.05) is 18.6 Å². The Morgan fingerprint density at radius 3 is 2.25 bits per heavy atom. The summed E-state index contributed by atoms with van der Waals surface area (Å²) in [5.41, 5.74) is 0. The van der Waals surface area contributed by atoms with Gasteiger partial charge in [0.15, 0.2) is 11.6 Å². The highest BCUT2D eigenvalue weighted by molar-refractivity contribution is 7.90. The van der Waals surface area contributed by atoms with Gasteiger partial charge in [-0.15, -0.1) is 0 Å². The molecule has 0 bridgehead atoms. The number of hydrogen-bond donors (Lipinski definition) is 1. The standard InChI is InChI=1S/C10H13F2NO5S2/c1-19(14,15)6-2-5-18-7-3-4-8(20(13,16)17)10(12)9(7)11/h3-4H,2,5-6H2,1H3,(H2,13,16,17). The van der Waals surface area contributed by atoms with Gasteiger partial charge in [0.25, 0.3) is 0 Å². The number of sulfone groups is 1. The van der Waals surface area contributed by atoms with Gasteiger partial charge in [0.2, 0.25) is 15.8 Å². The summed E-state index contributed by atoms with van der Waals surface area (Å²) in [6.45, 7) is -0.155. The molecule has 0 aromatic heterocycles. The average molecular weight is 329 g/mol. The predicted octanol–water partition coefficient (Wildman–Crippen LogP) is 0.426. The summed E-state index contributed by atoms with van der Waals surface area (Å²) >= 11 is 0. The van der Waals surface area contributed by atoms with Crippen molar-refractivity contribution in [1.29, 1.82) is 0 Å². The summed E-state index contributed by atoms with van der Waals surface area (Å²) in [4.78, 5) is -0.974. The molecule has 0 heterocycles. The van der Waals surface area contributed by atoms with E-state index in [-0.39, 0.29) is 18.8 Å². The Bertz CT molecular complexity index is 701. The van der Waals surface area contributed by atoms with E-state index in [1.54, 1.807) is 0 Å². The maximum absolute atomic E-state index is 13.5. The van der Waals surface area contributed by atoms with Crippen molar-refractivity contribution < 1.29 is 30.4 Å². The van der Waals surface area contributed by atoms with Crippen LogP contribution >= 0.6 is 0 Å². The van der Waals surface area contributed by atoms with Crippen LogP contribution in [0.25, 0.3) is 0 Å². The first-order chi connectivity index (χ1) is 9.02. The van der Waals surface area contributed by atoms with Gasteiger partial charge in [-0.25, -0.2) is 26.4 Å². The fourth-order valence-electron chi connectivity index (χ4n) is 1.35. The molecule has 0 spiro atoms. The highest BCUT2D eigenvalue weighted by Crippen LogP contribution is 2.24. The van der Waals surface area contributed by atoms with E-state index in [9.17, 15) is 25.6 Å². The summed E-state index contributed by atoms with van der Waals surface area (Å²) < 4.78 is 75.4. The molecule has 20 heavy (non-hydrogen) atoms. The molecule has 0 amide bonds. The van der Waals surface area contributed by atoms with Crippen molar-refractivity contribution in [3.05, 3.63) is 23.8 Å². The van der Waals surface area contributed by atoms with Gasteiger partial charge in [0.05, 0.1) is 12.4 Å². The number of rotatable bonds is 6. The Labute approximate surface area is 115 Å². The first-order valence-corrected chi connectivity index (χ1v) is 8.94. The molecule has 0 saturated heterocycles. The van der Waals surface area contributed by atoms with E-state index in [1.165, 1.54) is 0 Å². The number of nitrogens with two attached hydrogens (primary N) is 1. The van der Waals surface area contributed by atoms with E-state index in [0.29, 0.717) is 0 Å². The Hall–Kier alpha value is -1.26. The Kier molecular flexibility index (Phi) is 5.05. The summed E-state index contributed by atoms with van der Waals surface area (Å²) in [6, 6.07) is 1.69. The van der Waals surface area contributed by atoms with Gasteiger partial charge in [-0.1, -0.05) is 0 Å².